The van der Waals surface area contributed by atoms with Gasteiger partial charge in [0.05, 0.1) is 0 Å². The van der Waals surface area contributed by atoms with E-state index in [4.69, 9.17) is 0 Å². The van der Waals surface area contributed by atoms with Crippen LogP contribution in [0.3, 0.4) is 0 Å². The number of rotatable bonds is 5. The third-order valence-corrected chi connectivity index (χ3v) is 4.13. The Balaban J connectivity index is 2.21. The van der Waals surface area contributed by atoms with E-state index >= 15 is 0 Å². The number of benzene rings is 1. The van der Waals surface area contributed by atoms with E-state index in [0.717, 1.165) is 6.07 Å². The summed E-state index contributed by atoms with van der Waals surface area (Å²) in [6, 6.07) is 3.59. The van der Waals surface area contributed by atoms with Gasteiger partial charge in [0.2, 0.25) is 0 Å². The van der Waals surface area contributed by atoms with Crippen molar-refractivity contribution < 1.29 is 9.85 Å². The number of nitro benzene ring substituents is 2. The molecule has 1 heterocycles. The summed E-state index contributed by atoms with van der Waals surface area (Å²) in [6.07, 6.45) is 0. The van der Waals surface area contributed by atoms with Gasteiger partial charge in [0.15, 0.2) is 0 Å². The van der Waals surface area contributed by atoms with Crippen LogP contribution in [0.4, 0.5) is 11.4 Å². The predicted molar refractivity (Wildman–Crippen MR) is 67.6 cm³/mol. The van der Waals surface area contributed by atoms with Crippen molar-refractivity contribution in [1.29, 1.82) is 0 Å². The maximum atomic E-state index is 10.8. The van der Waals surface area contributed by atoms with Crippen molar-refractivity contribution in [2.75, 3.05) is 0 Å². The number of non-ortho nitro benzene ring substituents is 2. The molecule has 0 amide bonds. The maximum absolute atomic E-state index is 10.8. The molecular weight excluding hydrogens is 335 g/mol. The number of nitro groups is 2. The Morgan fingerprint density at radius 2 is 1.80 bits per heavy atom. The van der Waals surface area contributed by atoms with Crippen molar-refractivity contribution in [3.63, 3.8) is 0 Å². The summed E-state index contributed by atoms with van der Waals surface area (Å²) in [5.74, 6) is 0. The van der Waals surface area contributed by atoms with Crippen LogP contribution in [-0.2, 0) is 12.4 Å². The van der Waals surface area contributed by atoms with Crippen LogP contribution in [-0.4, -0.2) is 45.0 Å². The van der Waals surface area contributed by atoms with Gasteiger partial charge < -0.3 is 0 Å². The van der Waals surface area contributed by atoms with Crippen LogP contribution in [0.2, 0.25) is 0 Å². The van der Waals surface area contributed by atoms with Gasteiger partial charge in [-0.2, -0.15) is 0 Å². The Morgan fingerprint density at radius 1 is 1.20 bits per heavy atom. The summed E-state index contributed by atoms with van der Waals surface area (Å²) >= 11 is -0.197. The summed E-state index contributed by atoms with van der Waals surface area (Å²) in [6.45, 7) is 0. The van der Waals surface area contributed by atoms with Gasteiger partial charge in [0.25, 0.3) is 0 Å². The number of nitrogens with zero attached hydrogens (tertiary/aromatic N) is 6. The minimum atomic E-state index is -0.649. The van der Waals surface area contributed by atoms with Gasteiger partial charge in [-0.05, 0) is 0 Å². The van der Waals surface area contributed by atoms with Crippen LogP contribution in [0.25, 0.3) is 0 Å². The Kier molecular flexibility index (Phi) is 4.01. The summed E-state index contributed by atoms with van der Waals surface area (Å²) in [5.41, 5.74) is -0.0763. The number of hydrogen-bond acceptors (Lipinski definition) is 7. The van der Waals surface area contributed by atoms with Gasteiger partial charge >= 0.3 is 117 Å². The third-order valence-electron chi connectivity index (χ3n) is 2.24. The molecule has 1 aromatic heterocycles. The van der Waals surface area contributed by atoms with Crippen molar-refractivity contribution in [2.45, 2.75) is 5.32 Å². The van der Waals surface area contributed by atoms with Crippen LogP contribution in [0.1, 0.15) is 5.56 Å². The van der Waals surface area contributed by atoms with Crippen LogP contribution in [0.5, 0.6) is 0 Å². The number of aryl methyl sites for hydroxylation is 1. The topological polar surface area (TPSA) is 130 Å². The van der Waals surface area contributed by atoms with Crippen molar-refractivity contribution in [3.05, 3.63) is 44.0 Å². The second-order valence-electron chi connectivity index (χ2n) is 3.72. The first kappa shape index (κ1) is 14.0. The Bertz CT molecular complexity index is 640. The van der Waals surface area contributed by atoms with Crippen molar-refractivity contribution in [3.8, 4) is 0 Å². The molecule has 0 aliphatic carbocycles. The molecule has 10 nitrogen and oxygen atoms in total. The molecule has 0 N–H and O–H groups in total. The average molecular weight is 343 g/mol. The zero-order valence-electron chi connectivity index (χ0n) is 10.2. The summed E-state index contributed by atoms with van der Waals surface area (Å²) in [7, 11) is 1.63. The molecule has 0 radical (unpaired) electrons. The molecule has 0 saturated heterocycles. The molecule has 1 aromatic carbocycles. The summed E-state index contributed by atoms with van der Waals surface area (Å²) in [5, 5.41) is 33.4. The molecule has 0 atom stereocenters. The van der Waals surface area contributed by atoms with Gasteiger partial charge in [-0.1, -0.05) is 0 Å². The van der Waals surface area contributed by atoms with E-state index in [1.807, 2.05) is 0 Å². The van der Waals surface area contributed by atoms with Gasteiger partial charge in [0.1, 0.15) is 0 Å². The van der Waals surface area contributed by atoms with Gasteiger partial charge in [-0.15, -0.1) is 0 Å². The standard InChI is InChI=1S/C9H8N6O4Se/c1-13-11-9(10-12-13)20-5-6-2-7(14(16)17)4-8(3-6)15(18)19/h2-4H,5H2,1H3. The molecule has 0 unspecified atom stereocenters. The van der Waals surface area contributed by atoms with E-state index < -0.39 is 9.85 Å². The first-order valence-corrected chi connectivity index (χ1v) is 7.32. The van der Waals surface area contributed by atoms with Gasteiger partial charge in [-0.25, -0.2) is 0 Å². The van der Waals surface area contributed by atoms with E-state index in [2.05, 4.69) is 15.4 Å². The zero-order chi connectivity index (χ0) is 14.7. The average Bonchev–Trinajstić information content (AvgIpc) is 2.81. The van der Waals surface area contributed by atoms with Crippen molar-refractivity contribution in [1.82, 2.24) is 20.2 Å². The van der Waals surface area contributed by atoms with Crippen molar-refractivity contribution in [2.24, 2.45) is 7.05 Å². The number of tetrazole rings is 1. The second-order valence-corrected chi connectivity index (χ2v) is 5.70. The van der Waals surface area contributed by atoms with E-state index in [-0.39, 0.29) is 26.3 Å². The molecule has 0 bridgehead atoms. The summed E-state index contributed by atoms with van der Waals surface area (Å²) < 4.78 is 0.536. The fourth-order valence-electron chi connectivity index (χ4n) is 1.42. The minimum absolute atomic E-state index is 0.197. The molecular formula is C9H8N6O4Se. The normalized spacial score (nSPS) is 10.4. The quantitative estimate of drug-likeness (QED) is 0.408. The first-order chi connectivity index (χ1) is 9.45. The molecule has 11 heteroatoms. The van der Waals surface area contributed by atoms with Crippen molar-refractivity contribution >= 4 is 31.1 Å². The third kappa shape index (κ3) is 3.33. The molecule has 2 rings (SSSR count). The molecule has 2 aromatic rings. The molecule has 0 aliphatic heterocycles. The molecule has 104 valence electrons. The van der Waals surface area contributed by atoms with Crippen LogP contribution >= 0.6 is 0 Å². The molecule has 0 fully saturated rings. The van der Waals surface area contributed by atoms with Gasteiger partial charge in [-0.3, -0.25) is 0 Å². The number of aromatic nitrogens is 4. The van der Waals surface area contributed by atoms with E-state index in [1.54, 1.807) is 7.05 Å². The fourth-order valence-corrected chi connectivity index (χ4v) is 2.96. The monoisotopic (exact) mass is 344 g/mol. The number of hydrogen-bond donors (Lipinski definition) is 0. The van der Waals surface area contributed by atoms with Crippen LogP contribution in [0.15, 0.2) is 18.2 Å². The molecule has 0 aliphatic rings. The van der Waals surface area contributed by atoms with Gasteiger partial charge in [0, 0.05) is 0 Å². The SMILES string of the molecule is Cn1nnc([Se]Cc2cc([N+](=O)[O-])cc([N+](=O)[O-])c2)n1. The zero-order valence-corrected chi connectivity index (χ0v) is 11.9. The fraction of sp³-hybridized carbons (Fsp3) is 0.222. The summed E-state index contributed by atoms with van der Waals surface area (Å²) in [4.78, 5) is 21.5. The molecule has 0 spiro atoms. The predicted octanol–water partition coefficient (Wildman–Crippen LogP) is -0.444. The molecule has 0 saturated carbocycles. The Hall–Kier alpha value is -2.39. The van der Waals surface area contributed by atoms with Crippen LogP contribution in [0, 0.1) is 20.2 Å². The van der Waals surface area contributed by atoms with E-state index in [1.165, 1.54) is 16.9 Å². The van der Waals surface area contributed by atoms with E-state index in [9.17, 15) is 20.2 Å². The van der Waals surface area contributed by atoms with Crippen LogP contribution < -0.4 is 4.72 Å². The van der Waals surface area contributed by atoms with E-state index in [0.29, 0.717) is 15.6 Å². The molecule has 20 heavy (non-hydrogen) atoms. The Morgan fingerprint density at radius 3 is 2.25 bits per heavy atom. The second kappa shape index (κ2) is 5.72. The Labute approximate surface area is 118 Å². The first-order valence-electron chi connectivity index (χ1n) is 5.25.